The van der Waals surface area contributed by atoms with Gasteiger partial charge in [0.1, 0.15) is 0 Å². The minimum absolute atomic E-state index is 0.560. The fourth-order valence-electron chi connectivity index (χ4n) is 9.20. The van der Waals surface area contributed by atoms with E-state index in [1.807, 2.05) is 24.3 Å². The van der Waals surface area contributed by atoms with Gasteiger partial charge in [0.2, 0.25) is 0 Å². The molecule has 3 aromatic heterocycles. The molecular weight excluding hydrogens is 767 g/mol. The number of allylic oxidation sites excluding steroid dienone is 1. The van der Waals surface area contributed by atoms with Crippen molar-refractivity contribution in [2.45, 2.75) is 6.92 Å². The van der Waals surface area contributed by atoms with E-state index in [1.54, 1.807) is 0 Å². The first-order valence-electron chi connectivity index (χ1n) is 21.3. The molecule has 5 nitrogen and oxygen atoms in total. The fourth-order valence-corrected chi connectivity index (χ4v) is 9.20. The van der Waals surface area contributed by atoms with Gasteiger partial charge >= 0.3 is 0 Å². The van der Waals surface area contributed by atoms with Crippen molar-refractivity contribution < 1.29 is 0 Å². The van der Waals surface area contributed by atoms with Gasteiger partial charge in [-0.1, -0.05) is 189 Å². The van der Waals surface area contributed by atoms with Crippen LogP contribution in [0.4, 0.5) is 0 Å². The van der Waals surface area contributed by atoms with E-state index < -0.39 is 0 Å². The lowest BCUT2D eigenvalue weighted by atomic mass is 9.98. The van der Waals surface area contributed by atoms with Gasteiger partial charge < -0.3 is 9.13 Å². The smallest absolute Gasteiger partial charge is 0.166 e. The molecule has 0 spiro atoms. The SMILES string of the molecule is C=Cc1c(/C=C\C)c2ccccc2n1-c1c(-c2ccccc2)cccc1-c1nc(-c2ccccc2)nc(-c2cccc(-c3ccccc3)c2-n2c3ccccc3c3ccccc32)n1. The molecule has 3 heterocycles. The standard InChI is InChI=1S/C58H41N5/c1-3-22-44-45-29-14-17-36-51(45)62(50(44)4-2)54-42(39-23-8-5-9-24-39)32-20-34-48(54)57-59-56(41-27-12-7-13-28-41)60-58(61-57)49-35-21-33-43(40-25-10-6-11-26-40)55(49)63-52-37-18-15-30-46(52)47-31-16-19-38-53(47)63/h3-38H,2H2,1H3/b22-3-. The normalized spacial score (nSPS) is 11.6. The summed E-state index contributed by atoms with van der Waals surface area (Å²) < 4.78 is 4.72. The first kappa shape index (κ1) is 37.6. The highest BCUT2D eigenvalue weighted by atomic mass is 15.1. The Bertz CT molecular complexity index is 3470. The molecular formula is C58H41N5. The number of benzene rings is 8. The summed E-state index contributed by atoms with van der Waals surface area (Å²) in [6, 6.07) is 70.1. The van der Waals surface area contributed by atoms with Crippen molar-refractivity contribution in [1.29, 1.82) is 0 Å². The average Bonchev–Trinajstić information content (AvgIpc) is 3.86. The lowest BCUT2D eigenvalue weighted by molar-refractivity contribution is 1.05. The molecule has 0 unspecified atom stereocenters. The highest BCUT2D eigenvalue weighted by molar-refractivity contribution is 6.10. The van der Waals surface area contributed by atoms with Crippen LogP contribution in [-0.4, -0.2) is 24.1 Å². The van der Waals surface area contributed by atoms with Gasteiger partial charge in [0.25, 0.3) is 0 Å². The predicted octanol–water partition coefficient (Wildman–Crippen LogP) is 14.9. The number of rotatable bonds is 9. The molecule has 0 N–H and O–H groups in total. The fraction of sp³-hybridized carbons (Fsp3) is 0.0172. The molecule has 0 radical (unpaired) electrons. The summed E-state index contributed by atoms with van der Waals surface area (Å²) in [5.41, 5.74) is 14.3. The molecule has 0 bridgehead atoms. The summed E-state index contributed by atoms with van der Waals surface area (Å²) in [5.74, 6) is 1.71. The maximum Gasteiger partial charge on any atom is 0.166 e. The third-order valence-electron chi connectivity index (χ3n) is 11.9. The monoisotopic (exact) mass is 807 g/mol. The number of aromatic nitrogens is 5. The molecule has 11 rings (SSSR count). The van der Waals surface area contributed by atoms with Crippen LogP contribution in [0, 0.1) is 0 Å². The third kappa shape index (κ3) is 6.37. The van der Waals surface area contributed by atoms with E-state index in [9.17, 15) is 0 Å². The second kappa shape index (κ2) is 15.9. The molecule has 8 aromatic carbocycles. The Balaban J connectivity index is 1.27. The summed E-state index contributed by atoms with van der Waals surface area (Å²) in [6.07, 6.45) is 6.22. The Morgan fingerprint density at radius 3 is 1.27 bits per heavy atom. The van der Waals surface area contributed by atoms with E-state index in [4.69, 9.17) is 15.0 Å². The van der Waals surface area contributed by atoms with Crippen molar-refractivity contribution in [2.24, 2.45) is 0 Å². The largest absolute Gasteiger partial charge is 0.308 e. The molecule has 0 saturated carbocycles. The van der Waals surface area contributed by atoms with Gasteiger partial charge in [-0.05, 0) is 54.5 Å². The van der Waals surface area contributed by atoms with E-state index >= 15 is 0 Å². The quantitative estimate of drug-likeness (QED) is 0.146. The molecule has 0 aliphatic carbocycles. The highest BCUT2D eigenvalue weighted by Gasteiger charge is 2.26. The van der Waals surface area contributed by atoms with Gasteiger partial charge in [0, 0.05) is 49.5 Å². The third-order valence-corrected chi connectivity index (χ3v) is 11.9. The number of para-hydroxylation sites is 5. The molecule has 0 aliphatic heterocycles. The Morgan fingerprint density at radius 2 is 0.778 bits per heavy atom. The van der Waals surface area contributed by atoms with Crippen LogP contribution in [0.1, 0.15) is 18.2 Å². The summed E-state index contributed by atoms with van der Waals surface area (Å²) in [5, 5.41) is 3.49. The van der Waals surface area contributed by atoms with E-state index in [-0.39, 0.29) is 0 Å². The zero-order chi connectivity index (χ0) is 42.3. The van der Waals surface area contributed by atoms with Crippen LogP contribution in [0.25, 0.3) is 113 Å². The summed E-state index contributed by atoms with van der Waals surface area (Å²) in [7, 11) is 0. The Kier molecular flexibility index (Phi) is 9.48. The minimum atomic E-state index is 0.560. The first-order chi connectivity index (χ1) is 31.2. The molecule has 298 valence electrons. The first-order valence-corrected chi connectivity index (χ1v) is 21.3. The molecule has 0 atom stereocenters. The molecule has 0 fully saturated rings. The van der Waals surface area contributed by atoms with Gasteiger partial charge in [-0.3, -0.25) is 0 Å². The van der Waals surface area contributed by atoms with Crippen molar-refractivity contribution in [3.05, 3.63) is 224 Å². The Hall–Kier alpha value is -8.41. The van der Waals surface area contributed by atoms with Crippen LogP contribution in [0.3, 0.4) is 0 Å². The van der Waals surface area contributed by atoms with Gasteiger partial charge in [0.15, 0.2) is 17.5 Å². The highest BCUT2D eigenvalue weighted by Crippen LogP contribution is 2.43. The zero-order valence-corrected chi connectivity index (χ0v) is 34.7. The van der Waals surface area contributed by atoms with Crippen LogP contribution < -0.4 is 0 Å². The maximum atomic E-state index is 5.58. The molecule has 0 saturated heterocycles. The van der Waals surface area contributed by atoms with Crippen LogP contribution in [-0.2, 0) is 0 Å². The van der Waals surface area contributed by atoms with E-state index in [0.717, 1.165) is 83.5 Å². The van der Waals surface area contributed by atoms with E-state index in [2.05, 4.69) is 217 Å². The van der Waals surface area contributed by atoms with Gasteiger partial charge in [-0.15, -0.1) is 0 Å². The van der Waals surface area contributed by atoms with Crippen molar-refractivity contribution in [3.63, 3.8) is 0 Å². The van der Waals surface area contributed by atoms with Gasteiger partial charge in [-0.2, -0.15) is 0 Å². The summed E-state index contributed by atoms with van der Waals surface area (Å²) in [4.78, 5) is 16.4. The molecule has 0 amide bonds. The maximum absolute atomic E-state index is 5.58. The predicted molar refractivity (Wildman–Crippen MR) is 263 cm³/mol. The Labute approximate surface area is 366 Å². The van der Waals surface area contributed by atoms with Crippen molar-refractivity contribution in [3.8, 4) is 67.8 Å². The van der Waals surface area contributed by atoms with Crippen LogP contribution in [0.2, 0.25) is 0 Å². The lowest BCUT2D eigenvalue weighted by Gasteiger charge is -2.21. The summed E-state index contributed by atoms with van der Waals surface area (Å²) in [6.45, 7) is 6.44. The van der Waals surface area contributed by atoms with E-state index in [0.29, 0.717) is 17.5 Å². The van der Waals surface area contributed by atoms with Crippen LogP contribution >= 0.6 is 0 Å². The van der Waals surface area contributed by atoms with Gasteiger partial charge in [0.05, 0.1) is 33.6 Å². The van der Waals surface area contributed by atoms with Crippen LogP contribution in [0.5, 0.6) is 0 Å². The van der Waals surface area contributed by atoms with Crippen molar-refractivity contribution in [2.75, 3.05) is 0 Å². The van der Waals surface area contributed by atoms with Crippen molar-refractivity contribution >= 4 is 44.9 Å². The second-order valence-corrected chi connectivity index (χ2v) is 15.5. The number of fused-ring (bicyclic) bond motifs is 4. The topological polar surface area (TPSA) is 48.5 Å². The second-order valence-electron chi connectivity index (χ2n) is 15.5. The minimum Gasteiger partial charge on any atom is -0.308 e. The summed E-state index contributed by atoms with van der Waals surface area (Å²) >= 11 is 0. The molecule has 0 aliphatic rings. The molecule has 5 heteroatoms. The van der Waals surface area contributed by atoms with E-state index in [1.165, 1.54) is 10.8 Å². The van der Waals surface area contributed by atoms with Crippen LogP contribution in [0.15, 0.2) is 213 Å². The number of hydrogen-bond acceptors (Lipinski definition) is 3. The molecule has 63 heavy (non-hydrogen) atoms. The Morgan fingerprint density at radius 1 is 0.381 bits per heavy atom. The average molecular weight is 808 g/mol. The lowest BCUT2D eigenvalue weighted by Crippen LogP contribution is -2.07. The molecule has 11 aromatic rings. The number of hydrogen-bond donors (Lipinski definition) is 0. The van der Waals surface area contributed by atoms with Crippen molar-refractivity contribution in [1.82, 2.24) is 24.1 Å². The zero-order valence-electron chi connectivity index (χ0n) is 34.7. The number of nitrogens with zero attached hydrogens (tertiary/aromatic N) is 5. The van der Waals surface area contributed by atoms with Gasteiger partial charge in [-0.25, -0.2) is 15.0 Å².